The standard InChI is InChI=1S/C17H24N4O5/c1-26-8-13(22)18-10-6-12-15(23)19-11-4-5-20(16(24)9-2-3-9)14(11)17(25)21(12)7-10/h9-12,14H,2-8H2,1H3,(H,18,22)(H,19,23)/t10-,11-,12+,14-/m0/s1. The van der Waals surface area contributed by atoms with Crippen LogP contribution in [0.1, 0.15) is 25.7 Å². The van der Waals surface area contributed by atoms with Gasteiger partial charge in [-0.25, -0.2) is 0 Å². The molecule has 0 aromatic rings. The Bertz CT molecular complexity index is 649. The zero-order chi connectivity index (χ0) is 18.4. The molecule has 3 saturated heterocycles. The number of nitrogens with one attached hydrogen (secondary N) is 2. The van der Waals surface area contributed by atoms with Gasteiger partial charge in [0, 0.05) is 32.2 Å². The maximum atomic E-state index is 13.2. The minimum atomic E-state index is -0.620. The first-order valence-corrected chi connectivity index (χ1v) is 9.19. The molecule has 0 bridgehead atoms. The third-order valence-electron chi connectivity index (χ3n) is 5.72. The number of carbonyl (C=O) groups is 4. The van der Waals surface area contributed by atoms with Gasteiger partial charge in [-0.3, -0.25) is 19.2 Å². The van der Waals surface area contributed by atoms with Crippen molar-refractivity contribution in [1.82, 2.24) is 20.4 Å². The SMILES string of the molecule is COCC(=O)N[C@H]1C[C@@H]2C(=O)N[C@H]3CCN(C(=O)C4CC4)[C@@H]3C(=O)N2C1. The monoisotopic (exact) mass is 364 g/mol. The maximum Gasteiger partial charge on any atom is 0.248 e. The fourth-order valence-electron chi connectivity index (χ4n) is 4.34. The molecule has 4 fully saturated rings. The summed E-state index contributed by atoms with van der Waals surface area (Å²) in [6.07, 6.45) is 2.75. The molecule has 1 saturated carbocycles. The first-order chi connectivity index (χ1) is 12.5. The predicted molar refractivity (Wildman–Crippen MR) is 88.7 cm³/mol. The smallest absolute Gasteiger partial charge is 0.248 e. The summed E-state index contributed by atoms with van der Waals surface area (Å²) in [7, 11) is 1.43. The van der Waals surface area contributed by atoms with Crippen LogP contribution in [0, 0.1) is 5.92 Å². The lowest BCUT2D eigenvalue weighted by molar-refractivity contribution is -0.145. The molecule has 9 heteroatoms. The van der Waals surface area contributed by atoms with Gasteiger partial charge < -0.3 is 25.2 Å². The van der Waals surface area contributed by atoms with Crippen LogP contribution in [0.25, 0.3) is 0 Å². The molecule has 0 unspecified atom stereocenters. The topological polar surface area (TPSA) is 108 Å². The van der Waals surface area contributed by atoms with Gasteiger partial charge in [-0.2, -0.15) is 0 Å². The Morgan fingerprint density at radius 3 is 2.73 bits per heavy atom. The maximum absolute atomic E-state index is 13.2. The van der Waals surface area contributed by atoms with Crippen LogP contribution in [0.5, 0.6) is 0 Å². The number of methoxy groups -OCH3 is 1. The first-order valence-electron chi connectivity index (χ1n) is 9.19. The molecule has 4 aliphatic rings. The van der Waals surface area contributed by atoms with E-state index in [9.17, 15) is 19.2 Å². The number of carbonyl (C=O) groups excluding carboxylic acids is 4. The molecule has 0 aromatic carbocycles. The number of hydrogen-bond acceptors (Lipinski definition) is 5. The van der Waals surface area contributed by atoms with Gasteiger partial charge in [-0.05, 0) is 25.7 Å². The highest BCUT2D eigenvalue weighted by Gasteiger charge is 2.53. The summed E-state index contributed by atoms with van der Waals surface area (Å²) in [6, 6.07) is -1.82. The van der Waals surface area contributed by atoms with Gasteiger partial charge in [0.2, 0.25) is 23.6 Å². The van der Waals surface area contributed by atoms with Crippen LogP contribution in [0.3, 0.4) is 0 Å². The fourth-order valence-corrected chi connectivity index (χ4v) is 4.34. The Balaban J connectivity index is 1.51. The molecule has 26 heavy (non-hydrogen) atoms. The summed E-state index contributed by atoms with van der Waals surface area (Å²) in [4.78, 5) is 53.3. The molecule has 0 spiro atoms. The molecular weight excluding hydrogens is 340 g/mol. The van der Waals surface area contributed by atoms with Crippen molar-refractivity contribution in [2.45, 2.75) is 49.9 Å². The molecule has 1 aliphatic carbocycles. The van der Waals surface area contributed by atoms with E-state index < -0.39 is 12.1 Å². The van der Waals surface area contributed by atoms with E-state index in [1.54, 1.807) is 4.90 Å². The molecule has 2 N–H and O–H groups in total. The van der Waals surface area contributed by atoms with Gasteiger partial charge in [0.25, 0.3) is 0 Å². The van der Waals surface area contributed by atoms with Gasteiger partial charge in [-0.1, -0.05) is 0 Å². The molecular formula is C17H24N4O5. The van der Waals surface area contributed by atoms with E-state index in [0.29, 0.717) is 19.4 Å². The lowest BCUT2D eigenvalue weighted by Gasteiger charge is -2.29. The lowest BCUT2D eigenvalue weighted by Crippen LogP contribution is -2.53. The zero-order valence-corrected chi connectivity index (χ0v) is 14.8. The van der Waals surface area contributed by atoms with Gasteiger partial charge >= 0.3 is 0 Å². The van der Waals surface area contributed by atoms with Crippen molar-refractivity contribution < 1.29 is 23.9 Å². The highest BCUT2D eigenvalue weighted by molar-refractivity contribution is 5.97. The molecule has 4 atom stereocenters. The average Bonchev–Trinajstić information content (AvgIpc) is 3.26. The molecule has 0 aromatic heterocycles. The van der Waals surface area contributed by atoms with Crippen LogP contribution in [0.2, 0.25) is 0 Å². The number of ether oxygens (including phenoxy) is 1. The van der Waals surface area contributed by atoms with E-state index in [-0.39, 0.29) is 54.8 Å². The number of likely N-dealkylation sites (tertiary alicyclic amines) is 1. The molecule has 9 nitrogen and oxygen atoms in total. The van der Waals surface area contributed by atoms with Gasteiger partial charge in [-0.15, -0.1) is 0 Å². The van der Waals surface area contributed by atoms with E-state index in [1.165, 1.54) is 12.0 Å². The minimum absolute atomic E-state index is 0.0303. The molecule has 4 amide bonds. The Kier molecular flexibility index (Phi) is 4.34. The third-order valence-corrected chi connectivity index (χ3v) is 5.72. The van der Waals surface area contributed by atoms with Crippen LogP contribution in [0.4, 0.5) is 0 Å². The summed E-state index contributed by atoms with van der Waals surface area (Å²) >= 11 is 0. The second kappa shape index (κ2) is 6.53. The summed E-state index contributed by atoms with van der Waals surface area (Å²) < 4.78 is 4.80. The van der Waals surface area contributed by atoms with Crippen molar-refractivity contribution in [3.05, 3.63) is 0 Å². The number of hydrogen-bond donors (Lipinski definition) is 2. The average molecular weight is 364 g/mol. The van der Waals surface area contributed by atoms with E-state index in [1.807, 2.05) is 0 Å². The molecule has 3 aliphatic heterocycles. The lowest BCUT2D eigenvalue weighted by atomic mass is 10.1. The summed E-state index contributed by atoms with van der Waals surface area (Å²) in [6.45, 7) is 0.722. The number of rotatable bonds is 4. The minimum Gasteiger partial charge on any atom is -0.375 e. The Hall–Kier alpha value is -2.16. The quantitative estimate of drug-likeness (QED) is 0.614. The van der Waals surface area contributed by atoms with Crippen LogP contribution in [-0.4, -0.2) is 84.4 Å². The summed E-state index contributed by atoms with van der Waals surface area (Å²) in [5.74, 6) is -0.589. The Labute approximate surface area is 151 Å². The second-order valence-corrected chi connectivity index (χ2v) is 7.59. The number of amides is 4. The van der Waals surface area contributed by atoms with Crippen LogP contribution in [-0.2, 0) is 23.9 Å². The zero-order valence-electron chi connectivity index (χ0n) is 14.8. The van der Waals surface area contributed by atoms with Gasteiger partial charge in [0.05, 0.1) is 6.04 Å². The Morgan fingerprint density at radius 2 is 2.04 bits per heavy atom. The van der Waals surface area contributed by atoms with Crippen molar-refractivity contribution >= 4 is 23.6 Å². The molecule has 4 rings (SSSR count). The van der Waals surface area contributed by atoms with Crippen molar-refractivity contribution in [3.63, 3.8) is 0 Å². The summed E-state index contributed by atoms with van der Waals surface area (Å²) in [5.41, 5.74) is 0. The number of fused-ring (bicyclic) bond motifs is 2. The van der Waals surface area contributed by atoms with Crippen LogP contribution >= 0.6 is 0 Å². The highest BCUT2D eigenvalue weighted by Crippen LogP contribution is 2.35. The van der Waals surface area contributed by atoms with E-state index >= 15 is 0 Å². The van der Waals surface area contributed by atoms with Crippen LogP contribution < -0.4 is 10.6 Å². The van der Waals surface area contributed by atoms with E-state index in [0.717, 1.165) is 12.8 Å². The number of nitrogens with zero attached hydrogens (tertiary/aromatic N) is 2. The fraction of sp³-hybridized carbons (Fsp3) is 0.765. The van der Waals surface area contributed by atoms with Gasteiger partial charge in [0.1, 0.15) is 18.7 Å². The van der Waals surface area contributed by atoms with Gasteiger partial charge in [0.15, 0.2) is 0 Å². The summed E-state index contributed by atoms with van der Waals surface area (Å²) in [5, 5.41) is 5.75. The normalized spacial score (nSPS) is 33.4. The van der Waals surface area contributed by atoms with Crippen LogP contribution in [0.15, 0.2) is 0 Å². The largest absolute Gasteiger partial charge is 0.375 e. The van der Waals surface area contributed by atoms with E-state index in [4.69, 9.17) is 4.74 Å². The molecule has 0 radical (unpaired) electrons. The van der Waals surface area contributed by atoms with Crippen molar-refractivity contribution in [2.75, 3.05) is 26.8 Å². The Morgan fingerprint density at radius 1 is 1.27 bits per heavy atom. The van der Waals surface area contributed by atoms with Crippen molar-refractivity contribution in [3.8, 4) is 0 Å². The highest BCUT2D eigenvalue weighted by atomic mass is 16.5. The van der Waals surface area contributed by atoms with Crippen molar-refractivity contribution in [1.29, 1.82) is 0 Å². The molecule has 3 heterocycles. The second-order valence-electron chi connectivity index (χ2n) is 7.59. The third kappa shape index (κ3) is 2.94. The first kappa shape index (κ1) is 17.3. The van der Waals surface area contributed by atoms with E-state index in [2.05, 4.69) is 10.6 Å². The molecule has 142 valence electrons. The van der Waals surface area contributed by atoms with Crippen molar-refractivity contribution in [2.24, 2.45) is 5.92 Å². The predicted octanol–water partition coefficient (Wildman–Crippen LogP) is -1.77.